The summed E-state index contributed by atoms with van der Waals surface area (Å²) in [4.78, 5) is 25.1. The molecule has 0 atom stereocenters. The highest BCUT2D eigenvalue weighted by atomic mass is 16.5. The Morgan fingerprint density at radius 2 is 2.15 bits per heavy atom. The van der Waals surface area contributed by atoms with Gasteiger partial charge in [-0.3, -0.25) is 9.69 Å². The highest BCUT2D eigenvalue weighted by Gasteiger charge is 2.22. The highest BCUT2D eigenvalue weighted by molar-refractivity contribution is 5.94. The third-order valence-electron chi connectivity index (χ3n) is 4.21. The Bertz CT molecular complexity index is 735. The smallest absolute Gasteiger partial charge is 0.254 e. The molecule has 0 unspecified atom stereocenters. The first-order valence-corrected chi connectivity index (χ1v) is 8.51. The van der Waals surface area contributed by atoms with E-state index in [-0.39, 0.29) is 5.91 Å². The van der Waals surface area contributed by atoms with Crippen LogP contribution in [-0.2, 0) is 17.9 Å². The van der Waals surface area contributed by atoms with Gasteiger partial charge in [0.05, 0.1) is 13.7 Å². The summed E-state index contributed by atoms with van der Waals surface area (Å²) in [6.45, 7) is 3.87. The van der Waals surface area contributed by atoms with Crippen LogP contribution in [0.3, 0.4) is 0 Å². The molecule has 1 fully saturated rings. The Kier molecular flexibility index (Phi) is 6.13. The van der Waals surface area contributed by atoms with Crippen molar-refractivity contribution in [3.8, 4) is 5.88 Å². The molecule has 3 heterocycles. The van der Waals surface area contributed by atoms with Crippen molar-refractivity contribution in [1.29, 1.82) is 0 Å². The zero-order chi connectivity index (χ0) is 18.4. The first-order valence-electron chi connectivity index (χ1n) is 8.51. The van der Waals surface area contributed by atoms with E-state index < -0.39 is 0 Å². The summed E-state index contributed by atoms with van der Waals surface area (Å²) in [6, 6.07) is 3.38. The summed E-state index contributed by atoms with van der Waals surface area (Å²) in [6.07, 6.45) is 2.47. The van der Waals surface area contributed by atoms with Crippen LogP contribution in [0.4, 0.5) is 0 Å². The quantitative estimate of drug-likeness (QED) is 0.751. The van der Waals surface area contributed by atoms with Crippen molar-refractivity contribution in [3.63, 3.8) is 0 Å². The molecule has 9 heteroatoms. The highest BCUT2D eigenvalue weighted by Crippen LogP contribution is 2.14. The van der Waals surface area contributed by atoms with Gasteiger partial charge in [0, 0.05) is 51.1 Å². The average molecular weight is 361 g/mol. The maximum absolute atomic E-state index is 12.7. The van der Waals surface area contributed by atoms with E-state index in [1.807, 2.05) is 4.90 Å². The van der Waals surface area contributed by atoms with E-state index in [0.717, 1.165) is 19.5 Å². The first-order chi connectivity index (χ1) is 12.7. The molecule has 2 aromatic heterocycles. The van der Waals surface area contributed by atoms with Gasteiger partial charge in [0.2, 0.25) is 11.8 Å². The molecule has 0 radical (unpaired) electrons. The number of aromatic nitrogens is 3. The zero-order valence-corrected chi connectivity index (χ0v) is 15.1. The van der Waals surface area contributed by atoms with E-state index in [0.29, 0.717) is 49.4 Å². The predicted molar refractivity (Wildman–Crippen MR) is 91.6 cm³/mol. The normalized spacial score (nSPS) is 15.7. The summed E-state index contributed by atoms with van der Waals surface area (Å²) in [5.41, 5.74) is 0.589. The van der Waals surface area contributed by atoms with Gasteiger partial charge in [-0.05, 0) is 12.5 Å². The van der Waals surface area contributed by atoms with Crippen LogP contribution in [0.5, 0.6) is 5.88 Å². The van der Waals surface area contributed by atoms with Crippen LogP contribution in [0.25, 0.3) is 0 Å². The van der Waals surface area contributed by atoms with Crippen LogP contribution in [0, 0.1) is 0 Å². The minimum absolute atomic E-state index is 0.00674. The van der Waals surface area contributed by atoms with Crippen molar-refractivity contribution < 1.29 is 18.8 Å². The molecule has 0 bridgehead atoms. The van der Waals surface area contributed by atoms with E-state index in [1.165, 1.54) is 7.11 Å². The molecule has 0 spiro atoms. The third kappa shape index (κ3) is 4.55. The van der Waals surface area contributed by atoms with Gasteiger partial charge in [-0.1, -0.05) is 5.16 Å². The fraction of sp³-hybridized carbons (Fsp3) is 0.529. The van der Waals surface area contributed by atoms with Gasteiger partial charge in [-0.15, -0.1) is 0 Å². The van der Waals surface area contributed by atoms with Crippen LogP contribution in [0.2, 0.25) is 0 Å². The molecule has 0 aromatic carbocycles. The molecule has 3 rings (SSSR count). The van der Waals surface area contributed by atoms with Gasteiger partial charge < -0.3 is 18.9 Å². The van der Waals surface area contributed by atoms with Crippen molar-refractivity contribution in [2.45, 2.75) is 19.6 Å². The number of hydrogen-bond acceptors (Lipinski definition) is 8. The molecule has 1 saturated heterocycles. The summed E-state index contributed by atoms with van der Waals surface area (Å²) >= 11 is 0. The number of ether oxygens (including phenoxy) is 2. The second-order valence-corrected chi connectivity index (χ2v) is 6.05. The first kappa shape index (κ1) is 18.3. The zero-order valence-electron chi connectivity index (χ0n) is 15.1. The molecule has 26 heavy (non-hydrogen) atoms. The molecule has 9 nitrogen and oxygen atoms in total. The lowest BCUT2D eigenvalue weighted by atomic mass is 10.2. The molecule has 140 valence electrons. The molecule has 0 saturated carbocycles. The van der Waals surface area contributed by atoms with Gasteiger partial charge in [-0.2, -0.15) is 4.98 Å². The fourth-order valence-corrected chi connectivity index (χ4v) is 2.90. The maximum atomic E-state index is 12.7. The van der Waals surface area contributed by atoms with Crippen molar-refractivity contribution in [2.75, 3.05) is 40.4 Å². The van der Waals surface area contributed by atoms with E-state index in [9.17, 15) is 4.79 Å². The van der Waals surface area contributed by atoms with E-state index in [4.69, 9.17) is 14.0 Å². The van der Waals surface area contributed by atoms with Gasteiger partial charge in [0.1, 0.15) is 6.61 Å². The lowest BCUT2D eigenvalue weighted by molar-refractivity contribution is 0.0760. The number of rotatable bonds is 6. The third-order valence-corrected chi connectivity index (χ3v) is 4.21. The van der Waals surface area contributed by atoms with Crippen LogP contribution < -0.4 is 4.74 Å². The lowest BCUT2D eigenvalue weighted by Gasteiger charge is -2.21. The van der Waals surface area contributed by atoms with Gasteiger partial charge in [0.15, 0.2) is 5.82 Å². The molecular formula is C17H23N5O4. The average Bonchev–Trinajstić information content (AvgIpc) is 2.97. The maximum Gasteiger partial charge on any atom is 0.254 e. The standard InChI is InChI=1S/C17H23N5O4/c1-24-12-14-19-16(26-20-14)11-21-6-3-7-22(9-8-21)17(23)13-4-5-18-15(10-13)25-2/h4-5,10H,3,6-9,11-12H2,1-2H3. The Balaban J connectivity index is 1.57. The minimum atomic E-state index is -0.00674. The summed E-state index contributed by atoms with van der Waals surface area (Å²) in [7, 11) is 3.13. The summed E-state index contributed by atoms with van der Waals surface area (Å²) in [5, 5.41) is 3.87. The van der Waals surface area contributed by atoms with Crippen molar-refractivity contribution in [2.24, 2.45) is 0 Å². The van der Waals surface area contributed by atoms with E-state index in [2.05, 4.69) is 20.0 Å². The van der Waals surface area contributed by atoms with Crippen molar-refractivity contribution >= 4 is 5.91 Å². The van der Waals surface area contributed by atoms with E-state index in [1.54, 1.807) is 25.4 Å². The van der Waals surface area contributed by atoms with Gasteiger partial charge in [0.25, 0.3) is 5.91 Å². The molecule has 2 aromatic rings. The lowest BCUT2D eigenvalue weighted by Crippen LogP contribution is -2.35. The number of amides is 1. The van der Waals surface area contributed by atoms with Crippen molar-refractivity contribution in [3.05, 3.63) is 35.6 Å². The molecular weight excluding hydrogens is 338 g/mol. The Hall–Kier alpha value is -2.52. The second-order valence-electron chi connectivity index (χ2n) is 6.05. The van der Waals surface area contributed by atoms with Crippen LogP contribution >= 0.6 is 0 Å². The van der Waals surface area contributed by atoms with Gasteiger partial charge >= 0.3 is 0 Å². The number of methoxy groups -OCH3 is 2. The van der Waals surface area contributed by atoms with E-state index >= 15 is 0 Å². The summed E-state index contributed by atoms with van der Waals surface area (Å²) < 4.78 is 15.3. The molecule has 1 aliphatic rings. The molecule has 0 aliphatic carbocycles. The van der Waals surface area contributed by atoms with Crippen LogP contribution in [0.1, 0.15) is 28.5 Å². The Morgan fingerprint density at radius 1 is 1.27 bits per heavy atom. The minimum Gasteiger partial charge on any atom is -0.481 e. The largest absolute Gasteiger partial charge is 0.481 e. The van der Waals surface area contributed by atoms with Crippen LogP contribution in [0.15, 0.2) is 22.9 Å². The number of hydrogen-bond donors (Lipinski definition) is 0. The topological polar surface area (TPSA) is 93.8 Å². The molecule has 0 N–H and O–H groups in total. The van der Waals surface area contributed by atoms with Crippen molar-refractivity contribution in [1.82, 2.24) is 24.9 Å². The number of pyridine rings is 1. The second kappa shape index (κ2) is 8.72. The van der Waals surface area contributed by atoms with Crippen LogP contribution in [-0.4, -0.2) is 71.2 Å². The summed E-state index contributed by atoms with van der Waals surface area (Å²) in [5.74, 6) is 1.54. The van der Waals surface area contributed by atoms with Gasteiger partial charge in [-0.25, -0.2) is 4.98 Å². The SMILES string of the molecule is COCc1noc(CN2CCCN(C(=O)c3ccnc(OC)c3)CC2)n1. The molecule has 1 aliphatic heterocycles. The number of nitrogens with zero attached hydrogens (tertiary/aromatic N) is 5. The monoisotopic (exact) mass is 361 g/mol. The predicted octanol–water partition coefficient (Wildman–Crippen LogP) is 0.968. The number of carbonyl (C=O) groups is 1. The number of carbonyl (C=O) groups excluding carboxylic acids is 1. The Morgan fingerprint density at radius 3 is 2.96 bits per heavy atom. The fourth-order valence-electron chi connectivity index (χ4n) is 2.90. The molecule has 1 amide bonds. The Labute approximate surface area is 151 Å².